The number of methoxy groups -OCH3 is 1. The fourth-order valence-corrected chi connectivity index (χ4v) is 3.19. The summed E-state index contributed by atoms with van der Waals surface area (Å²) in [6.45, 7) is 4.51. The second-order valence-corrected chi connectivity index (χ2v) is 6.62. The van der Waals surface area contributed by atoms with E-state index in [1.165, 1.54) is 5.56 Å². The molecule has 144 valence electrons. The van der Waals surface area contributed by atoms with Crippen LogP contribution in [0.1, 0.15) is 11.1 Å². The first-order chi connectivity index (χ1) is 13.2. The van der Waals surface area contributed by atoms with E-state index in [0.717, 1.165) is 38.3 Å². The van der Waals surface area contributed by atoms with E-state index in [1.807, 2.05) is 29.2 Å². The van der Waals surface area contributed by atoms with Gasteiger partial charge in [0.2, 0.25) is 0 Å². The predicted molar refractivity (Wildman–Crippen MR) is 105 cm³/mol. The van der Waals surface area contributed by atoms with Crippen LogP contribution < -0.4 is 15.2 Å². The molecule has 2 N–H and O–H groups in total. The monoisotopic (exact) mass is 369 g/mol. The van der Waals surface area contributed by atoms with Gasteiger partial charge in [-0.3, -0.25) is 9.69 Å². The van der Waals surface area contributed by atoms with E-state index in [2.05, 4.69) is 29.2 Å². The lowest BCUT2D eigenvalue weighted by atomic mass is 10.2. The van der Waals surface area contributed by atoms with Gasteiger partial charge in [0.1, 0.15) is 0 Å². The van der Waals surface area contributed by atoms with Crippen molar-refractivity contribution in [3.8, 4) is 11.5 Å². The van der Waals surface area contributed by atoms with Gasteiger partial charge in [-0.25, -0.2) is 0 Å². The highest BCUT2D eigenvalue weighted by atomic mass is 16.5. The first-order valence-electron chi connectivity index (χ1n) is 9.23. The Bertz CT molecular complexity index is 744. The van der Waals surface area contributed by atoms with Crippen LogP contribution in [0.3, 0.4) is 0 Å². The molecular weight excluding hydrogens is 342 g/mol. The van der Waals surface area contributed by atoms with Crippen molar-refractivity contribution < 1.29 is 14.3 Å². The van der Waals surface area contributed by atoms with Gasteiger partial charge in [0, 0.05) is 39.3 Å². The normalized spacial score (nSPS) is 14.8. The summed E-state index contributed by atoms with van der Waals surface area (Å²) in [6, 6.07) is 15.9. The van der Waals surface area contributed by atoms with Gasteiger partial charge in [-0.05, 0) is 23.3 Å². The summed E-state index contributed by atoms with van der Waals surface area (Å²) in [4.78, 5) is 16.7. The second kappa shape index (κ2) is 9.39. The number of piperazine rings is 1. The number of amides is 1. The molecular formula is C21H27N3O3. The Morgan fingerprint density at radius 2 is 1.74 bits per heavy atom. The fraction of sp³-hybridized carbons (Fsp3) is 0.381. The molecule has 0 atom stereocenters. The maximum absolute atomic E-state index is 12.5. The van der Waals surface area contributed by atoms with Crippen LogP contribution >= 0.6 is 0 Å². The molecule has 0 aromatic heterocycles. The highest BCUT2D eigenvalue weighted by Crippen LogP contribution is 2.28. The minimum absolute atomic E-state index is 0.00305. The predicted octanol–water partition coefficient (Wildman–Crippen LogP) is 1.88. The van der Waals surface area contributed by atoms with Crippen LogP contribution in [-0.2, 0) is 17.9 Å². The molecule has 2 aromatic rings. The number of carbonyl (C=O) groups excluding carboxylic acids is 1. The summed E-state index contributed by atoms with van der Waals surface area (Å²) >= 11 is 0. The molecule has 0 spiro atoms. The summed E-state index contributed by atoms with van der Waals surface area (Å²) in [5, 5.41) is 0. The van der Waals surface area contributed by atoms with Crippen LogP contribution in [-0.4, -0.2) is 55.6 Å². The van der Waals surface area contributed by atoms with Crippen LogP contribution in [0, 0.1) is 0 Å². The standard InChI is InChI=1S/C21H27N3O3/c1-26-19-8-7-18(14-22)13-20(19)27-16-21(25)24-11-9-23(10-12-24)15-17-5-3-2-4-6-17/h2-8,13H,9-12,14-16,22H2,1H3. The lowest BCUT2D eigenvalue weighted by Gasteiger charge is -2.34. The lowest BCUT2D eigenvalue weighted by Crippen LogP contribution is -2.49. The number of carbonyl (C=O) groups is 1. The summed E-state index contributed by atoms with van der Waals surface area (Å²) in [7, 11) is 1.58. The Balaban J connectivity index is 1.48. The highest BCUT2D eigenvalue weighted by Gasteiger charge is 2.21. The number of hydrogen-bond donors (Lipinski definition) is 1. The van der Waals surface area contributed by atoms with Gasteiger partial charge in [-0.1, -0.05) is 36.4 Å². The summed E-state index contributed by atoms with van der Waals surface area (Å²) in [5.41, 5.74) is 7.91. The summed E-state index contributed by atoms with van der Waals surface area (Å²) in [5.74, 6) is 1.15. The number of rotatable bonds is 7. The third-order valence-electron chi connectivity index (χ3n) is 4.79. The summed E-state index contributed by atoms with van der Waals surface area (Å²) in [6.07, 6.45) is 0. The minimum Gasteiger partial charge on any atom is -0.493 e. The average Bonchev–Trinajstić information content (AvgIpc) is 2.73. The van der Waals surface area contributed by atoms with E-state index in [-0.39, 0.29) is 12.5 Å². The quantitative estimate of drug-likeness (QED) is 0.807. The molecule has 3 rings (SSSR count). The Labute approximate surface area is 160 Å². The largest absolute Gasteiger partial charge is 0.493 e. The van der Waals surface area contributed by atoms with E-state index < -0.39 is 0 Å². The highest BCUT2D eigenvalue weighted by molar-refractivity contribution is 5.78. The first kappa shape index (κ1) is 19.2. The lowest BCUT2D eigenvalue weighted by molar-refractivity contribution is -0.135. The number of nitrogens with zero attached hydrogens (tertiary/aromatic N) is 2. The van der Waals surface area contributed by atoms with Crippen molar-refractivity contribution in [2.45, 2.75) is 13.1 Å². The Morgan fingerprint density at radius 1 is 1.00 bits per heavy atom. The van der Waals surface area contributed by atoms with Gasteiger partial charge in [-0.2, -0.15) is 0 Å². The molecule has 1 aliphatic rings. The number of benzene rings is 2. The van der Waals surface area contributed by atoms with Crippen molar-refractivity contribution in [1.82, 2.24) is 9.80 Å². The zero-order valence-electron chi connectivity index (χ0n) is 15.8. The molecule has 0 bridgehead atoms. The van der Waals surface area contributed by atoms with Crippen LogP contribution in [0.15, 0.2) is 48.5 Å². The van der Waals surface area contributed by atoms with Crippen molar-refractivity contribution in [3.05, 3.63) is 59.7 Å². The third-order valence-corrected chi connectivity index (χ3v) is 4.79. The van der Waals surface area contributed by atoms with Gasteiger partial charge in [0.25, 0.3) is 5.91 Å². The molecule has 1 aliphatic heterocycles. The average molecular weight is 369 g/mol. The minimum atomic E-state index is -0.00503. The third kappa shape index (κ3) is 5.21. The Hall–Kier alpha value is -2.57. The Kier molecular flexibility index (Phi) is 6.68. The smallest absolute Gasteiger partial charge is 0.260 e. The van der Waals surface area contributed by atoms with E-state index in [9.17, 15) is 4.79 Å². The van der Waals surface area contributed by atoms with Crippen molar-refractivity contribution in [1.29, 1.82) is 0 Å². The first-order valence-corrected chi connectivity index (χ1v) is 9.23. The molecule has 0 saturated carbocycles. The maximum Gasteiger partial charge on any atom is 0.260 e. The fourth-order valence-electron chi connectivity index (χ4n) is 3.19. The topological polar surface area (TPSA) is 68.0 Å². The second-order valence-electron chi connectivity index (χ2n) is 6.62. The molecule has 1 heterocycles. The van der Waals surface area contributed by atoms with Gasteiger partial charge in [0.15, 0.2) is 18.1 Å². The zero-order valence-corrected chi connectivity index (χ0v) is 15.8. The molecule has 1 fully saturated rings. The summed E-state index contributed by atoms with van der Waals surface area (Å²) < 4.78 is 11.0. The van der Waals surface area contributed by atoms with Crippen molar-refractivity contribution >= 4 is 5.91 Å². The van der Waals surface area contributed by atoms with Crippen LogP contribution in [0.25, 0.3) is 0 Å². The molecule has 6 heteroatoms. The van der Waals surface area contributed by atoms with Crippen LogP contribution in [0.5, 0.6) is 11.5 Å². The molecule has 0 radical (unpaired) electrons. The van der Waals surface area contributed by atoms with E-state index in [0.29, 0.717) is 18.0 Å². The van der Waals surface area contributed by atoms with E-state index in [4.69, 9.17) is 15.2 Å². The molecule has 1 saturated heterocycles. The van der Waals surface area contributed by atoms with E-state index in [1.54, 1.807) is 7.11 Å². The van der Waals surface area contributed by atoms with Crippen LogP contribution in [0.4, 0.5) is 0 Å². The van der Waals surface area contributed by atoms with Gasteiger partial charge < -0.3 is 20.1 Å². The van der Waals surface area contributed by atoms with Crippen molar-refractivity contribution in [3.63, 3.8) is 0 Å². The van der Waals surface area contributed by atoms with Crippen molar-refractivity contribution in [2.75, 3.05) is 39.9 Å². The SMILES string of the molecule is COc1ccc(CN)cc1OCC(=O)N1CCN(Cc2ccccc2)CC1. The number of hydrogen-bond acceptors (Lipinski definition) is 5. The molecule has 0 aliphatic carbocycles. The van der Waals surface area contributed by atoms with Gasteiger partial charge in [0.05, 0.1) is 7.11 Å². The van der Waals surface area contributed by atoms with Crippen LogP contribution in [0.2, 0.25) is 0 Å². The number of nitrogens with two attached hydrogens (primary N) is 1. The van der Waals surface area contributed by atoms with Crippen molar-refractivity contribution in [2.24, 2.45) is 5.73 Å². The molecule has 6 nitrogen and oxygen atoms in total. The Morgan fingerprint density at radius 3 is 2.41 bits per heavy atom. The number of ether oxygens (including phenoxy) is 2. The van der Waals surface area contributed by atoms with E-state index >= 15 is 0 Å². The molecule has 0 unspecified atom stereocenters. The van der Waals surface area contributed by atoms with Gasteiger partial charge >= 0.3 is 0 Å². The molecule has 27 heavy (non-hydrogen) atoms. The molecule has 1 amide bonds. The zero-order chi connectivity index (χ0) is 19.1. The maximum atomic E-state index is 12.5. The van der Waals surface area contributed by atoms with Gasteiger partial charge in [-0.15, -0.1) is 0 Å². The molecule has 2 aromatic carbocycles.